The minimum atomic E-state index is -2.79. The molecule has 3 aromatic carbocycles. The normalized spacial score (nSPS) is 12.1. The Morgan fingerprint density at radius 3 is 0.938 bits per heavy atom. The molecule has 0 aromatic heterocycles. The van der Waals surface area contributed by atoms with Crippen LogP contribution in [0.2, 0.25) is 0 Å². The molecule has 0 radical (unpaired) electrons. The number of hydrogen-bond acceptors (Lipinski definition) is 0. The van der Waals surface area contributed by atoms with Crippen LogP contribution >= 0.6 is 10.4 Å². The van der Waals surface area contributed by atoms with Crippen LogP contribution in [0.15, 0.2) is 87.5 Å². The van der Waals surface area contributed by atoms with E-state index in [4.69, 9.17) is 0 Å². The zero-order valence-corrected chi connectivity index (χ0v) is 20.9. The average Bonchev–Trinajstić information content (AvgIpc) is 2.85. The summed E-state index contributed by atoms with van der Waals surface area (Å²) < 4.78 is 17.2. The van der Waals surface area contributed by atoms with Crippen molar-refractivity contribution in [1.82, 2.24) is 0 Å². The summed E-state index contributed by atoms with van der Waals surface area (Å²) in [5.41, 5.74) is 3.88. The van der Waals surface area contributed by atoms with E-state index in [0.29, 0.717) is 0 Å². The molecule has 0 fully saturated rings. The predicted octanol–water partition coefficient (Wildman–Crippen LogP) is 9.88. The first-order valence-electron chi connectivity index (χ1n) is 12.4. The molecule has 0 aliphatic heterocycles. The van der Waals surface area contributed by atoms with Crippen LogP contribution in [-0.2, 0) is 19.3 Å². The van der Waals surface area contributed by atoms with Gasteiger partial charge >= 0.3 is 0 Å². The second-order valence-corrected chi connectivity index (χ2v) is 11.3. The smallest absolute Gasteiger partial charge is 0.0263 e. The number of rotatable bonds is 12. The predicted molar refractivity (Wildman–Crippen MR) is 139 cm³/mol. The lowest BCUT2D eigenvalue weighted by Crippen LogP contribution is -1.99. The van der Waals surface area contributed by atoms with Crippen molar-refractivity contribution in [3.63, 3.8) is 0 Å². The van der Waals surface area contributed by atoms with Crippen molar-refractivity contribution in [2.24, 2.45) is 0 Å². The highest BCUT2D eigenvalue weighted by Gasteiger charge is 2.31. The second-order valence-electron chi connectivity index (χ2n) is 8.78. The third kappa shape index (κ3) is 6.04. The Bertz CT molecular complexity index is 801. The van der Waals surface area contributed by atoms with Crippen molar-refractivity contribution in [2.75, 3.05) is 0 Å². The average molecular weight is 451 g/mol. The van der Waals surface area contributed by atoms with Crippen LogP contribution < -0.4 is 0 Å². The molecule has 0 saturated carbocycles. The number of halogens is 1. The SMILES string of the molecule is CCCCc1ccc(S(F)(c2ccc(CCCC)cc2)c2ccc(CCCC)cc2)cc1. The van der Waals surface area contributed by atoms with Crippen LogP contribution in [0.1, 0.15) is 76.0 Å². The van der Waals surface area contributed by atoms with Crippen LogP contribution in [-0.4, -0.2) is 0 Å². The highest BCUT2D eigenvalue weighted by Crippen LogP contribution is 2.69. The summed E-state index contributed by atoms with van der Waals surface area (Å²) in [5, 5.41) is 0. The molecule has 0 atom stereocenters. The lowest BCUT2D eigenvalue weighted by Gasteiger charge is -2.32. The Hall–Kier alpha value is -2.06. The van der Waals surface area contributed by atoms with Crippen LogP contribution in [0, 0.1) is 0 Å². The molecule has 0 spiro atoms. The molecule has 0 amide bonds. The molecule has 0 heterocycles. The molecule has 0 aliphatic rings. The maximum absolute atomic E-state index is 17.2. The minimum Gasteiger partial charge on any atom is -0.175 e. The highest BCUT2D eigenvalue weighted by atomic mass is 32.3. The van der Waals surface area contributed by atoms with E-state index in [2.05, 4.69) is 57.2 Å². The molecule has 2 heteroatoms. The molecule has 0 bridgehead atoms. The van der Waals surface area contributed by atoms with Gasteiger partial charge in [0.15, 0.2) is 0 Å². The van der Waals surface area contributed by atoms with Crippen molar-refractivity contribution >= 4 is 10.4 Å². The Kier molecular flexibility index (Phi) is 9.41. The number of unbranched alkanes of at least 4 members (excludes halogenated alkanes) is 3. The zero-order valence-electron chi connectivity index (χ0n) is 20.1. The van der Waals surface area contributed by atoms with Gasteiger partial charge in [0.2, 0.25) is 0 Å². The van der Waals surface area contributed by atoms with E-state index in [1.807, 2.05) is 36.4 Å². The van der Waals surface area contributed by atoms with Crippen LogP contribution in [0.4, 0.5) is 3.89 Å². The fraction of sp³-hybridized carbons (Fsp3) is 0.400. The fourth-order valence-electron chi connectivity index (χ4n) is 4.08. The first-order chi connectivity index (χ1) is 15.6. The summed E-state index contributed by atoms with van der Waals surface area (Å²) in [5.74, 6) is 0. The van der Waals surface area contributed by atoms with E-state index in [0.717, 1.165) is 33.9 Å². The summed E-state index contributed by atoms with van der Waals surface area (Å²) in [6, 6.07) is 24.9. The number of benzene rings is 3. The van der Waals surface area contributed by atoms with Crippen molar-refractivity contribution in [1.29, 1.82) is 0 Å². The summed E-state index contributed by atoms with van der Waals surface area (Å²) in [7, 11) is -2.79. The topological polar surface area (TPSA) is 0 Å². The monoisotopic (exact) mass is 450 g/mol. The minimum absolute atomic E-state index is 0.792. The van der Waals surface area contributed by atoms with Gasteiger partial charge in [0, 0.05) is 14.7 Å². The Morgan fingerprint density at radius 1 is 0.469 bits per heavy atom. The Balaban J connectivity index is 1.98. The highest BCUT2D eigenvalue weighted by molar-refractivity contribution is 8.29. The largest absolute Gasteiger partial charge is 0.175 e. The maximum atomic E-state index is 17.2. The van der Waals surface area contributed by atoms with Crippen molar-refractivity contribution in [2.45, 2.75) is 93.2 Å². The molecule has 3 aromatic rings. The van der Waals surface area contributed by atoms with Gasteiger partial charge in [-0.15, -0.1) is 0 Å². The summed E-state index contributed by atoms with van der Waals surface area (Å²) in [6.45, 7) is 6.62. The van der Waals surface area contributed by atoms with E-state index >= 15 is 3.89 Å². The first kappa shape index (κ1) is 24.6. The van der Waals surface area contributed by atoms with Crippen LogP contribution in [0.25, 0.3) is 0 Å². The molecule has 0 N–H and O–H groups in total. The van der Waals surface area contributed by atoms with Crippen LogP contribution in [0.3, 0.4) is 0 Å². The summed E-state index contributed by atoms with van der Waals surface area (Å²) >= 11 is 0. The van der Waals surface area contributed by atoms with Gasteiger partial charge in [-0.05, 0) is 102 Å². The summed E-state index contributed by atoms with van der Waals surface area (Å²) in [4.78, 5) is 2.38. The first-order valence-corrected chi connectivity index (χ1v) is 13.9. The molecule has 172 valence electrons. The molecular formula is C30H39FS. The van der Waals surface area contributed by atoms with Gasteiger partial charge in [0.25, 0.3) is 0 Å². The molecule has 0 aliphatic carbocycles. The van der Waals surface area contributed by atoms with Gasteiger partial charge in [-0.1, -0.05) is 76.4 Å². The Morgan fingerprint density at radius 2 is 0.719 bits per heavy atom. The second kappa shape index (κ2) is 12.3. The third-order valence-electron chi connectivity index (χ3n) is 6.20. The van der Waals surface area contributed by atoms with Crippen LogP contribution in [0.5, 0.6) is 0 Å². The molecule has 0 unspecified atom stereocenters. The third-order valence-corrected chi connectivity index (χ3v) is 8.97. The van der Waals surface area contributed by atoms with Crippen molar-refractivity contribution in [3.8, 4) is 0 Å². The summed E-state index contributed by atoms with van der Waals surface area (Å²) in [6.07, 6.45) is 10.2. The van der Waals surface area contributed by atoms with Gasteiger partial charge in [0.1, 0.15) is 0 Å². The molecule has 32 heavy (non-hydrogen) atoms. The quantitative estimate of drug-likeness (QED) is 0.257. The zero-order chi connectivity index (χ0) is 22.8. The van der Waals surface area contributed by atoms with Gasteiger partial charge in [-0.2, -0.15) is 3.89 Å². The van der Waals surface area contributed by atoms with Gasteiger partial charge < -0.3 is 0 Å². The lowest BCUT2D eigenvalue weighted by molar-refractivity contribution is 0.792. The van der Waals surface area contributed by atoms with E-state index in [9.17, 15) is 0 Å². The maximum Gasteiger partial charge on any atom is 0.0263 e. The standard InChI is InChI=1S/C30H39FS/c1-4-7-10-25-13-19-28(20-14-25)32(31,29-21-15-26(16-22-29)11-8-5-2)30-23-17-27(18-24-30)12-9-6-3/h13-24H,4-12H2,1-3H3. The van der Waals surface area contributed by atoms with Crippen molar-refractivity contribution < 1.29 is 3.89 Å². The number of hydrogen-bond donors (Lipinski definition) is 0. The molecule has 3 rings (SSSR count). The van der Waals surface area contributed by atoms with E-state index in [1.54, 1.807) is 0 Å². The van der Waals surface area contributed by atoms with Gasteiger partial charge in [-0.3, -0.25) is 0 Å². The van der Waals surface area contributed by atoms with E-state index < -0.39 is 10.4 Å². The Labute approximate surface area is 196 Å². The molecule has 0 saturated heterocycles. The lowest BCUT2D eigenvalue weighted by atomic mass is 10.1. The fourth-order valence-corrected chi connectivity index (χ4v) is 6.43. The van der Waals surface area contributed by atoms with E-state index in [1.165, 1.54) is 55.2 Å². The van der Waals surface area contributed by atoms with Gasteiger partial charge in [0.05, 0.1) is 0 Å². The van der Waals surface area contributed by atoms with Gasteiger partial charge in [-0.25, -0.2) is 0 Å². The molecular weight excluding hydrogens is 411 g/mol. The number of aryl methyl sites for hydroxylation is 3. The molecule has 0 nitrogen and oxygen atoms in total. The van der Waals surface area contributed by atoms with E-state index in [-0.39, 0.29) is 0 Å². The van der Waals surface area contributed by atoms with Crippen molar-refractivity contribution in [3.05, 3.63) is 89.5 Å².